The van der Waals surface area contributed by atoms with E-state index in [1.54, 1.807) is 11.3 Å². The number of amidine groups is 1. The van der Waals surface area contributed by atoms with Crippen molar-refractivity contribution in [3.05, 3.63) is 34.5 Å². The minimum absolute atomic E-state index is 0.0371. The fraction of sp³-hybridized carbons (Fsp3) is 0.571. The largest absolute Gasteiger partial charge is 0.394 e. The highest BCUT2D eigenvalue weighted by molar-refractivity contribution is 7.10. The van der Waals surface area contributed by atoms with E-state index < -0.39 is 30.2 Å². The molecule has 10 heteroatoms. The lowest BCUT2D eigenvalue weighted by molar-refractivity contribution is -0.0765. The Bertz CT molecular complexity index is 932. The van der Waals surface area contributed by atoms with Gasteiger partial charge in [0.05, 0.1) is 6.61 Å². The molecule has 0 saturated carbocycles. The zero-order chi connectivity index (χ0) is 21.6. The van der Waals surface area contributed by atoms with Crippen LogP contribution in [0.4, 0.5) is 0 Å². The highest BCUT2D eigenvalue weighted by atomic mass is 32.1. The van der Waals surface area contributed by atoms with Gasteiger partial charge in [0.25, 0.3) is 0 Å². The van der Waals surface area contributed by atoms with Gasteiger partial charge < -0.3 is 30.3 Å². The fourth-order valence-electron chi connectivity index (χ4n) is 5.07. The van der Waals surface area contributed by atoms with Crippen LogP contribution in [0.25, 0.3) is 0 Å². The lowest BCUT2D eigenvalue weighted by atomic mass is 9.72. The van der Waals surface area contributed by atoms with E-state index in [2.05, 4.69) is 39.6 Å². The second-order valence-corrected chi connectivity index (χ2v) is 9.23. The molecule has 1 aromatic heterocycles. The number of aliphatic hydroxyl groups excluding tert-OH is 2. The van der Waals surface area contributed by atoms with E-state index in [4.69, 9.17) is 20.2 Å². The molecule has 1 fully saturated rings. The van der Waals surface area contributed by atoms with Crippen molar-refractivity contribution < 1.29 is 19.7 Å². The molecule has 1 saturated heterocycles. The Morgan fingerprint density at radius 3 is 2.97 bits per heavy atom. The molecular weight excluding hydrogens is 418 g/mol. The third-order valence-corrected chi connectivity index (χ3v) is 7.68. The summed E-state index contributed by atoms with van der Waals surface area (Å²) in [4.78, 5) is 17.0. The summed E-state index contributed by atoms with van der Waals surface area (Å²) in [5.41, 5.74) is 6.62. The monoisotopic (exact) mass is 445 g/mol. The molecular formula is C21H27N5O4S. The highest BCUT2D eigenvalue weighted by Crippen LogP contribution is 2.44. The van der Waals surface area contributed by atoms with Gasteiger partial charge in [-0.3, -0.25) is 4.99 Å². The van der Waals surface area contributed by atoms with Crippen molar-refractivity contribution in [3.8, 4) is 0 Å². The van der Waals surface area contributed by atoms with Crippen LogP contribution < -0.4 is 5.73 Å². The minimum Gasteiger partial charge on any atom is -0.394 e. The first kappa shape index (κ1) is 20.9. The van der Waals surface area contributed by atoms with Crippen LogP contribution in [-0.4, -0.2) is 83.6 Å². The molecule has 1 aliphatic carbocycles. The minimum atomic E-state index is -1.01. The first-order valence-electron chi connectivity index (χ1n) is 10.5. The molecule has 4 N–H and O–H groups in total. The number of hydrogen-bond acceptors (Lipinski definition) is 10. The van der Waals surface area contributed by atoms with Gasteiger partial charge in [0.1, 0.15) is 37.0 Å². The van der Waals surface area contributed by atoms with Crippen LogP contribution in [-0.2, 0) is 9.47 Å². The van der Waals surface area contributed by atoms with Gasteiger partial charge in [0.2, 0.25) is 0 Å². The highest BCUT2D eigenvalue weighted by Gasteiger charge is 2.54. The molecule has 9 nitrogen and oxygen atoms in total. The van der Waals surface area contributed by atoms with Crippen LogP contribution in [0.15, 0.2) is 44.6 Å². The van der Waals surface area contributed by atoms with Gasteiger partial charge in [-0.15, -0.1) is 11.3 Å². The average molecular weight is 446 g/mol. The van der Waals surface area contributed by atoms with E-state index in [-0.39, 0.29) is 25.1 Å². The first-order valence-corrected chi connectivity index (χ1v) is 11.3. The number of nitrogens with zero attached hydrogens (tertiary/aromatic N) is 4. The number of thiophene rings is 1. The van der Waals surface area contributed by atoms with Crippen molar-refractivity contribution in [3.63, 3.8) is 0 Å². The Hall–Kier alpha value is -1.95. The number of methoxy groups -OCH3 is 1. The number of ether oxygens (including phenoxy) is 2. The molecule has 0 spiro atoms. The SMILES string of the molecule is CO[C@@H]1[C@H](O)[C@@H](CO)O[C@H]1N1CN=C2C1=NC=NC2(N)[C@@H]1CC=CC[C@H]1c1cccs1. The Kier molecular flexibility index (Phi) is 5.53. The molecule has 1 aromatic rings. The van der Waals surface area contributed by atoms with Crippen LogP contribution >= 0.6 is 11.3 Å². The van der Waals surface area contributed by atoms with Crippen LogP contribution in [0.5, 0.6) is 0 Å². The van der Waals surface area contributed by atoms with E-state index in [0.717, 1.165) is 12.8 Å². The maximum atomic E-state index is 10.5. The van der Waals surface area contributed by atoms with Gasteiger partial charge in [-0.2, -0.15) is 0 Å². The fourth-order valence-corrected chi connectivity index (χ4v) is 5.97. The van der Waals surface area contributed by atoms with Gasteiger partial charge in [0, 0.05) is 23.8 Å². The Morgan fingerprint density at radius 1 is 1.39 bits per heavy atom. The summed E-state index contributed by atoms with van der Waals surface area (Å²) >= 11 is 1.74. The number of fused-ring (bicyclic) bond motifs is 1. The molecule has 5 rings (SSSR count). The first-order chi connectivity index (χ1) is 15.1. The smallest absolute Gasteiger partial charge is 0.162 e. The predicted octanol–water partition coefficient (Wildman–Crippen LogP) is 0.701. The zero-order valence-electron chi connectivity index (χ0n) is 17.2. The molecule has 0 radical (unpaired) electrons. The maximum absolute atomic E-state index is 10.5. The quantitative estimate of drug-likeness (QED) is 0.573. The molecule has 0 amide bonds. The molecule has 3 aliphatic heterocycles. The molecule has 0 aromatic carbocycles. The van der Waals surface area contributed by atoms with Crippen LogP contribution in [0.3, 0.4) is 0 Å². The van der Waals surface area contributed by atoms with E-state index in [9.17, 15) is 10.2 Å². The average Bonchev–Trinajstić information content (AvgIpc) is 3.53. The summed E-state index contributed by atoms with van der Waals surface area (Å²) in [6.45, 7) is -0.0250. The second kappa shape index (κ2) is 8.19. The standard InChI is InChI=1S/C21H27N5O4S/c1-29-17-16(28)14(9-27)30-20(17)26-11-24-18-19(26)23-10-25-21(18,22)13-6-3-2-5-12(13)15-7-4-8-31-15/h2-4,7-8,10,12-14,16-17,20,27-28H,5-6,9,11,22H2,1H3/t12-,13-,14-,16-,17-,20-,21?/m1/s1. The number of aliphatic imine (C=N–C) groups is 3. The molecule has 1 unspecified atom stereocenters. The van der Waals surface area contributed by atoms with Crippen LogP contribution in [0.2, 0.25) is 0 Å². The number of aliphatic hydroxyl groups is 2. The second-order valence-electron chi connectivity index (χ2n) is 8.25. The maximum Gasteiger partial charge on any atom is 0.162 e. The number of rotatable bonds is 5. The molecule has 4 heterocycles. The number of nitrogens with two attached hydrogens (primary N) is 1. The van der Waals surface area contributed by atoms with Crippen molar-refractivity contribution in [2.24, 2.45) is 26.6 Å². The summed E-state index contributed by atoms with van der Waals surface area (Å²) in [5, 5.41) is 22.1. The summed E-state index contributed by atoms with van der Waals surface area (Å²) in [6, 6.07) is 4.22. The number of hydrogen-bond donors (Lipinski definition) is 3. The van der Waals surface area contributed by atoms with E-state index in [1.807, 2.05) is 4.90 Å². The normalized spacial score (nSPS) is 39.5. The van der Waals surface area contributed by atoms with Gasteiger partial charge in [-0.05, 0) is 24.3 Å². The van der Waals surface area contributed by atoms with E-state index >= 15 is 0 Å². The lowest BCUT2D eigenvalue weighted by Crippen LogP contribution is -2.60. The summed E-state index contributed by atoms with van der Waals surface area (Å²) < 4.78 is 11.4. The van der Waals surface area contributed by atoms with Crippen molar-refractivity contribution in [2.45, 2.75) is 49.0 Å². The predicted molar refractivity (Wildman–Crippen MR) is 118 cm³/mol. The molecule has 4 aliphatic rings. The molecule has 0 bridgehead atoms. The van der Waals surface area contributed by atoms with E-state index in [0.29, 0.717) is 11.5 Å². The van der Waals surface area contributed by atoms with Gasteiger partial charge in [0.15, 0.2) is 17.7 Å². The summed E-state index contributed by atoms with van der Waals surface area (Å²) in [5.74, 6) is 0.878. The Labute approximate surface area is 184 Å². The zero-order valence-corrected chi connectivity index (χ0v) is 18.1. The molecule has 31 heavy (non-hydrogen) atoms. The third-order valence-electron chi connectivity index (χ3n) is 6.67. The summed E-state index contributed by atoms with van der Waals surface area (Å²) in [7, 11) is 1.51. The van der Waals surface area contributed by atoms with Crippen LogP contribution in [0, 0.1) is 5.92 Å². The van der Waals surface area contributed by atoms with Crippen molar-refractivity contribution in [1.82, 2.24) is 4.90 Å². The third kappa shape index (κ3) is 3.29. The van der Waals surface area contributed by atoms with Crippen molar-refractivity contribution >= 4 is 29.2 Å². The molecule has 7 atom stereocenters. The van der Waals surface area contributed by atoms with Crippen molar-refractivity contribution in [2.75, 3.05) is 20.4 Å². The van der Waals surface area contributed by atoms with Gasteiger partial charge in [-0.25, -0.2) is 9.98 Å². The van der Waals surface area contributed by atoms with E-state index in [1.165, 1.54) is 18.3 Å². The molecule has 166 valence electrons. The van der Waals surface area contributed by atoms with Gasteiger partial charge >= 0.3 is 0 Å². The van der Waals surface area contributed by atoms with Crippen molar-refractivity contribution in [1.29, 1.82) is 0 Å². The Balaban J connectivity index is 1.44. The lowest BCUT2D eigenvalue weighted by Gasteiger charge is -2.41. The van der Waals surface area contributed by atoms with Gasteiger partial charge in [-0.1, -0.05) is 18.2 Å². The Morgan fingerprint density at radius 2 is 2.23 bits per heavy atom. The topological polar surface area (TPSA) is 125 Å². The summed E-state index contributed by atoms with van der Waals surface area (Å²) in [6.07, 6.45) is 4.64. The number of allylic oxidation sites excluding steroid dienone is 2. The van der Waals surface area contributed by atoms with Crippen LogP contribution in [0.1, 0.15) is 23.6 Å².